The van der Waals surface area contributed by atoms with Gasteiger partial charge in [0.25, 0.3) is 0 Å². The summed E-state index contributed by atoms with van der Waals surface area (Å²) in [5.41, 5.74) is 0.429. The number of ether oxygens (including phenoxy) is 3. The van der Waals surface area contributed by atoms with Gasteiger partial charge in [-0.15, -0.1) is 0 Å². The smallest absolute Gasteiger partial charge is 0.0700 e. The Morgan fingerprint density at radius 1 is 1.17 bits per heavy atom. The van der Waals surface area contributed by atoms with E-state index < -0.39 is 0 Å². The van der Waals surface area contributed by atoms with Gasteiger partial charge in [0.15, 0.2) is 0 Å². The fourth-order valence-electron chi connectivity index (χ4n) is 2.50. The SMILES string of the molecule is CCNCC1(CCCOCCOC)CCOCC1. The van der Waals surface area contributed by atoms with Crippen molar-refractivity contribution in [2.45, 2.75) is 32.6 Å². The number of hydrogen-bond acceptors (Lipinski definition) is 4. The minimum absolute atomic E-state index is 0.429. The molecule has 0 saturated carbocycles. The fourth-order valence-corrected chi connectivity index (χ4v) is 2.50. The number of rotatable bonds is 10. The van der Waals surface area contributed by atoms with Gasteiger partial charge in [0, 0.05) is 33.5 Å². The lowest BCUT2D eigenvalue weighted by Gasteiger charge is -2.37. The molecule has 4 nitrogen and oxygen atoms in total. The van der Waals surface area contributed by atoms with Crippen molar-refractivity contribution >= 4 is 0 Å². The van der Waals surface area contributed by atoms with E-state index in [1.54, 1.807) is 7.11 Å². The van der Waals surface area contributed by atoms with Crippen LogP contribution in [0.2, 0.25) is 0 Å². The lowest BCUT2D eigenvalue weighted by molar-refractivity contribution is 0.00297. The topological polar surface area (TPSA) is 39.7 Å². The molecule has 1 saturated heterocycles. The second kappa shape index (κ2) is 9.73. The summed E-state index contributed by atoms with van der Waals surface area (Å²) < 4.78 is 16.0. The Labute approximate surface area is 111 Å². The average molecular weight is 259 g/mol. The molecule has 1 aliphatic rings. The van der Waals surface area contributed by atoms with Crippen molar-refractivity contribution in [2.75, 3.05) is 53.2 Å². The van der Waals surface area contributed by atoms with Crippen LogP contribution in [0, 0.1) is 5.41 Å². The summed E-state index contributed by atoms with van der Waals surface area (Å²) in [6, 6.07) is 0. The van der Waals surface area contributed by atoms with Crippen molar-refractivity contribution in [1.82, 2.24) is 5.32 Å². The molecule has 0 aliphatic carbocycles. The molecule has 1 fully saturated rings. The van der Waals surface area contributed by atoms with Crippen molar-refractivity contribution in [3.63, 3.8) is 0 Å². The quantitative estimate of drug-likeness (QED) is 0.608. The van der Waals surface area contributed by atoms with E-state index in [2.05, 4.69) is 12.2 Å². The monoisotopic (exact) mass is 259 g/mol. The first-order chi connectivity index (χ1) is 8.83. The zero-order valence-electron chi connectivity index (χ0n) is 12.0. The molecule has 0 unspecified atom stereocenters. The van der Waals surface area contributed by atoms with E-state index in [4.69, 9.17) is 14.2 Å². The van der Waals surface area contributed by atoms with Gasteiger partial charge in [-0.2, -0.15) is 0 Å². The number of hydrogen-bond donors (Lipinski definition) is 1. The zero-order chi connectivity index (χ0) is 13.1. The predicted molar refractivity (Wildman–Crippen MR) is 73.0 cm³/mol. The molecule has 0 aromatic carbocycles. The molecule has 4 heteroatoms. The van der Waals surface area contributed by atoms with Crippen LogP contribution in [0.5, 0.6) is 0 Å². The number of nitrogens with one attached hydrogen (secondary N) is 1. The molecule has 108 valence electrons. The third-order valence-corrected chi connectivity index (χ3v) is 3.73. The first kappa shape index (κ1) is 15.9. The summed E-state index contributed by atoms with van der Waals surface area (Å²) in [5.74, 6) is 0. The lowest BCUT2D eigenvalue weighted by Crippen LogP contribution is -2.39. The minimum atomic E-state index is 0.429. The largest absolute Gasteiger partial charge is 0.382 e. The van der Waals surface area contributed by atoms with Crippen LogP contribution in [-0.2, 0) is 14.2 Å². The molecule has 0 spiro atoms. The van der Waals surface area contributed by atoms with E-state index in [-0.39, 0.29) is 0 Å². The Kier molecular flexibility index (Phi) is 8.59. The summed E-state index contributed by atoms with van der Waals surface area (Å²) in [4.78, 5) is 0. The zero-order valence-corrected chi connectivity index (χ0v) is 12.0. The Hall–Kier alpha value is -0.160. The molecule has 0 atom stereocenters. The van der Waals surface area contributed by atoms with E-state index in [0.29, 0.717) is 18.6 Å². The van der Waals surface area contributed by atoms with Gasteiger partial charge in [-0.3, -0.25) is 0 Å². The van der Waals surface area contributed by atoms with Gasteiger partial charge in [-0.05, 0) is 37.6 Å². The van der Waals surface area contributed by atoms with Gasteiger partial charge in [-0.25, -0.2) is 0 Å². The van der Waals surface area contributed by atoms with E-state index in [1.165, 1.54) is 19.3 Å². The highest BCUT2D eigenvalue weighted by Gasteiger charge is 2.31. The van der Waals surface area contributed by atoms with Crippen molar-refractivity contribution < 1.29 is 14.2 Å². The number of methoxy groups -OCH3 is 1. The van der Waals surface area contributed by atoms with Crippen LogP contribution in [0.4, 0.5) is 0 Å². The molecule has 0 aromatic rings. The Morgan fingerprint density at radius 3 is 2.61 bits per heavy atom. The molecule has 0 amide bonds. The van der Waals surface area contributed by atoms with Crippen molar-refractivity contribution in [3.8, 4) is 0 Å². The van der Waals surface area contributed by atoms with Gasteiger partial charge in [0.1, 0.15) is 0 Å². The van der Waals surface area contributed by atoms with Crippen LogP contribution in [0.3, 0.4) is 0 Å². The second-order valence-corrected chi connectivity index (χ2v) is 5.10. The third kappa shape index (κ3) is 6.14. The highest BCUT2D eigenvalue weighted by molar-refractivity contribution is 4.83. The van der Waals surface area contributed by atoms with Gasteiger partial charge in [0.05, 0.1) is 13.2 Å². The maximum Gasteiger partial charge on any atom is 0.0700 e. The Bertz CT molecular complexity index is 193. The summed E-state index contributed by atoms with van der Waals surface area (Å²) in [6.07, 6.45) is 4.72. The minimum Gasteiger partial charge on any atom is -0.382 e. The first-order valence-corrected chi connectivity index (χ1v) is 7.18. The second-order valence-electron chi connectivity index (χ2n) is 5.10. The summed E-state index contributed by atoms with van der Waals surface area (Å²) >= 11 is 0. The molecule has 1 aliphatic heterocycles. The van der Waals surface area contributed by atoms with Crippen molar-refractivity contribution in [1.29, 1.82) is 0 Å². The lowest BCUT2D eigenvalue weighted by atomic mass is 9.76. The van der Waals surface area contributed by atoms with Gasteiger partial charge in [-0.1, -0.05) is 6.92 Å². The predicted octanol–water partition coefficient (Wildman–Crippen LogP) is 1.84. The molecule has 18 heavy (non-hydrogen) atoms. The van der Waals surface area contributed by atoms with Gasteiger partial charge < -0.3 is 19.5 Å². The normalized spacial score (nSPS) is 19.0. The molecule has 0 radical (unpaired) electrons. The van der Waals surface area contributed by atoms with Gasteiger partial charge in [0.2, 0.25) is 0 Å². The fraction of sp³-hybridized carbons (Fsp3) is 1.00. The molecular weight excluding hydrogens is 230 g/mol. The first-order valence-electron chi connectivity index (χ1n) is 7.18. The standard InChI is InChI=1S/C14H29NO3/c1-3-15-13-14(6-9-18-10-7-14)5-4-8-17-12-11-16-2/h15H,3-13H2,1-2H3. The van der Waals surface area contributed by atoms with Crippen LogP contribution >= 0.6 is 0 Å². The maximum atomic E-state index is 5.54. The summed E-state index contributed by atoms with van der Waals surface area (Å²) in [7, 11) is 1.71. The summed E-state index contributed by atoms with van der Waals surface area (Å²) in [5, 5.41) is 3.50. The van der Waals surface area contributed by atoms with Crippen LogP contribution in [-0.4, -0.2) is 53.2 Å². The Morgan fingerprint density at radius 2 is 1.94 bits per heavy atom. The molecule has 0 bridgehead atoms. The van der Waals surface area contributed by atoms with Crippen LogP contribution < -0.4 is 5.32 Å². The van der Waals surface area contributed by atoms with E-state index >= 15 is 0 Å². The third-order valence-electron chi connectivity index (χ3n) is 3.73. The Balaban J connectivity index is 2.19. The maximum absolute atomic E-state index is 5.54. The highest BCUT2D eigenvalue weighted by atomic mass is 16.5. The molecule has 1 rings (SSSR count). The molecule has 1 N–H and O–H groups in total. The molecule has 0 aromatic heterocycles. The van der Waals surface area contributed by atoms with E-state index in [9.17, 15) is 0 Å². The van der Waals surface area contributed by atoms with E-state index in [0.717, 1.165) is 39.3 Å². The summed E-state index contributed by atoms with van der Waals surface area (Å²) in [6.45, 7) is 8.40. The highest BCUT2D eigenvalue weighted by Crippen LogP contribution is 2.34. The van der Waals surface area contributed by atoms with Crippen molar-refractivity contribution in [3.05, 3.63) is 0 Å². The average Bonchev–Trinajstić information content (AvgIpc) is 2.42. The van der Waals surface area contributed by atoms with Crippen LogP contribution in [0.25, 0.3) is 0 Å². The molecule has 1 heterocycles. The van der Waals surface area contributed by atoms with Crippen LogP contribution in [0.1, 0.15) is 32.6 Å². The van der Waals surface area contributed by atoms with E-state index in [1.807, 2.05) is 0 Å². The van der Waals surface area contributed by atoms with Gasteiger partial charge >= 0.3 is 0 Å². The van der Waals surface area contributed by atoms with Crippen LogP contribution in [0.15, 0.2) is 0 Å². The molecular formula is C14H29NO3. The van der Waals surface area contributed by atoms with Crippen molar-refractivity contribution in [2.24, 2.45) is 5.41 Å².